The highest BCUT2D eigenvalue weighted by Gasteiger charge is 2.22. The first-order valence-corrected chi connectivity index (χ1v) is 8.02. The maximum atomic E-state index is 11.5. The average molecular weight is 294 g/mol. The Kier molecular flexibility index (Phi) is 3.56. The largest absolute Gasteiger partial charge is 0.383 e. The number of aromatic nitrogens is 2. The van der Waals surface area contributed by atoms with E-state index in [0.29, 0.717) is 29.2 Å². The molecule has 1 saturated carbocycles. The van der Waals surface area contributed by atoms with Crippen molar-refractivity contribution < 1.29 is 4.79 Å². The third-order valence-corrected chi connectivity index (χ3v) is 4.49. The topological polar surface area (TPSA) is 80.9 Å². The standard InChI is InChI=1S/C12H14N4OS2/c13-10-8-3-5-18-11(8)16-12(15-10)19-6-4-9(17)14-7-1-2-7/h3,5,7H,1-2,4,6H2,(H,14,17)(H2,13,15,16). The van der Waals surface area contributed by atoms with Crippen molar-refractivity contribution >= 4 is 45.0 Å². The molecule has 2 heterocycles. The van der Waals surface area contributed by atoms with E-state index in [1.165, 1.54) is 11.8 Å². The quantitative estimate of drug-likeness (QED) is 0.651. The zero-order valence-corrected chi connectivity index (χ0v) is 11.9. The van der Waals surface area contributed by atoms with Gasteiger partial charge in [-0.1, -0.05) is 11.8 Å². The first-order chi connectivity index (χ1) is 9.22. The van der Waals surface area contributed by atoms with Crippen molar-refractivity contribution in [3.05, 3.63) is 11.4 Å². The summed E-state index contributed by atoms with van der Waals surface area (Å²) in [6.07, 6.45) is 2.73. The normalized spacial score (nSPS) is 14.7. The number of thiophene rings is 1. The third-order valence-electron chi connectivity index (χ3n) is 2.84. The number of hydrogen-bond acceptors (Lipinski definition) is 6. The van der Waals surface area contributed by atoms with E-state index in [-0.39, 0.29) is 5.91 Å². The average Bonchev–Trinajstić information content (AvgIpc) is 3.04. The van der Waals surface area contributed by atoms with Gasteiger partial charge in [-0.05, 0) is 24.3 Å². The number of hydrogen-bond donors (Lipinski definition) is 2. The lowest BCUT2D eigenvalue weighted by molar-refractivity contribution is -0.120. The van der Waals surface area contributed by atoms with Gasteiger partial charge in [0.05, 0.1) is 5.39 Å². The second-order valence-corrected chi connectivity index (χ2v) is 6.43. The van der Waals surface area contributed by atoms with Crippen LogP contribution in [0.2, 0.25) is 0 Å². The van der Waals surface area contributed by atoms with Gasteiger partial charge in [-0.15, -0.1) is 11.3 Å². The summed E-state index contributed by atoms with van der Waals surface area (Å²) in [4.78, 5) is 21.1. The lowest BCUT2D eigenvalue weighted by Gasteiger charge is -2.03. The molecule has 0 radical (unpaired) electrons. The van der Waals surface area contributed by atoms with Crippen molar-refractivity contribution in [3.8, 4) is 0 Å². The summed E-state index contributed by atoms with van der Waals surface area (Å²) in [7, 11) is 0. The number of thioether (sulfide) groups is 1. The Bertz CT molecular complexity index is 609. The highest BCUT2D eigenvalue weighted by Crippen LogP contribution is 2.26. The van der Waals surface area contributed by atoms with E-state index in [1.54, 1.807) is 11.3 Å². The maximum Gasteiger partial charge on any atom is 0.221 e. The van der Waals surface area contributed by atoms with E-state index in [0.717, 1.165) is 23.1 Å². The number of rotatable bonds is 5. The van der Waals surface area contributed by atoms with Crippen LogP contribution in [0, 0.1) is 0 Å². The zero-order valence-electron chi connectivity index (χ0n) is 10.3. The number of amides is 1. The van der Waals surface area contributed by atoms with Gasteiger partial charge in [-0.2, -0.15) is 0 Å². The third kappa shape index (κ3) is 3.16. The Labute approximate surface area is 119 Å². The molecular formula is C12H14N4OS2. The summed E-state index contributed by atoms with van der Waals surface area (Å²) in [5, 5.41) is 6.46. The summed E-state index contributed by atoms with van der Waals surface area (Å²) in [6, 6.07) is 2.35. The highest BCUT2D eigenvalue weighted by molar-refractivity contribution is 7.99. The van der Waals surface area contributed by atoms with Crippen LogP contribution in [0.5, 0.6) is 0 Å². The lowest BCUT2D eigenvalue weighted by atomic mass is 10.4. The van der Waals surface area contributed by atoms with Crippen molar-refractivity contribution in [1.82, 2.24) is 15.3 Å². The number of fused-ring (bicyclic) bond motifs is 1. The molecule has 19 heavy (non-hydrogen) atoms. The molecule has 0 aliphatic heterocycles. The molecule has 3 N–H and O–H groups in total. The van der Waals surface area contributed by atoms with Crippen molar-refractivity contribution in [2.45, 2.75) is 30.5 Å². The fourth-order valence-electron chi connectivity index (χ4n) is 1.69. The molecule has 0 spiro atoms. The van der Waals surface area contributed by atoms with E-state index in [9.17, 15) is 4.79 Å². The first-order valence-electron chi connectivity index (χ1n) is 6.15. The number of nitrogens with zero attached hydrogens (tertiary/aromatic N) is 2. The molecule has 7 heteroatoms. The van der Waals surface area contributed by atoms with Crippen LogP contribution in [-0.2, 0) is 4.79 Å². The van der Waals surface area contributed by atoms with Gasteiger partial charge in [-0.3, -0.25) is 4.79 Å². The van der Waals surface area contributed by atoms with Gasteiger partial charge < -0.3 is 11.1 Å². The first kappa shape index (κ1) is 12.7. The van der Waals surface area contributed by atoms with Crippen LogP contribution in [0.25, 0.3) is 10.2 Å². The number of nitrogens with two attached hydrogens (primary N) is 1. The summed E-state index contributed by atoms with van der Waals surface area (Å²) in [5.41, 5.74) is 5.87. The molecule has 1 amide bonds. The van der Waals surface area contributed by atoms with Crippen LogP contribution in [0.4, 0.5) is 5.82 Å². The number of nitrogens with one attached hydrogen (secondary N) is 1. The minimum atomic E-state index is 0.111. The highest BCUT2D eigenvalue weighted by atomic mass is 32.2. The van der Waals surface area contributed by atoms with Crippen molar-refractivity contribution in [1.29, 1.82) is 0 Å². The van der Waals surface area contributed by atoms with E-state index >= 15 is 0 Å². The molecule has 0 unspecified atom stereocenters. The second kappa shape index (κ2) is 5.34. The van der Waals surface area contributed by atoms with Crippen LogP contribution in [0.15, 0.2) is 16.6 Å². The lowest BCUT2D eigenvalue weighted by Crippen LogP contribution is -2.25. The summed E-state index contributed by atoms with van der Waals surface area (Å²) in [6.45, 7) is 0. The van der Waals surface area contributed by atoms with Gasteiger partial charge in [0.2, 0.25) is 5.91 Å². The van der Waals surface area contributed by atoms with E-state index in [4.69, 9.17) is 5.73 Å². The van der Waals surface area contributed by atoms with Gasteiger partial charge in [0.15, 0.2) is 5.16 Å². The second-order valence-electron chi connectivity index (χ2n) is 4.47. The predicted molar refractivity (Wildman–Crippen MR) is 78.3 cm³/mol. The molecule has 1 aliphatic rings. The molecule has 5 nitrogen and oxygen atoms in total. The van der Waals surface area contributed by atoms with Crippen LogP contribution >= 0.6 is 23.1 Å². The van der Waals surface area contributed by atoms with Crippen LogP contribution in [0.1, 0.15) is 19.3 Å². The van der Waals surface area contributed by atoms with E-state index in [2.05, 4.69) is 15.3 Å². The zero-order chi connectivity index (χ0) is 13.2. The van der Waals surface area contributed by atoms with Crippen LogP contribution < -0.4 is 11.1 Å². The summed E-state index contributed by atoms with van der Waals surface area (Å²) >= 11 is 3.02. The molecule has 100 valence electrons. The van der Waals surface area contributed by atoms with Crippen molar-refractivity contribution in [3.63, 3.8) is 0 Å². The molecule has 3 rings (SSSR count). The van der Waals surface area contributed by atoms with Gasteiger partial charge in [0.1, 0.15) is 10.6 Å². The number of carbonyl (C=O) groups excluding carboxylic acids is 1. The smallest absolute Gasteiger partial charge is 0.221 e. The Morgan fingerprint density at radius 2 is 2.37 bits per heavy atom. The van der Waals surface area contributed by atoms with E-state index < -0.39 is 0 Å². The Balaban J connectivity index is 1.56. The van der Waals surface area contributed by atoms with Gasteiger partial charge in [-0.25, -0.2) is 9.97 Å². The Hall–Kier alpha value is -1.34. The van der Waals surface area contributed by atoms with Gasteiger partial charge in [0.25, 0.3) is 0 Å². The predicted octanol–water partition coefficient (Wildman–Crippen LogP) is 2.03. The fourth-order valence-corrected chi connectivity index (χ4v) is 3.30. The van der Waals surface area contributed by atoms with Crippen molar-refractivity contribution in [2.24, 2.45) is 0 Å². The SMILES string of the molecule is Nc1nc(SCCC(=O)NC2CC2)nc2sccc12. The monoisotopic (exact) mass is 294 g/mol. The number of carbonyl (C=O) groups is 1. The number of anilines is 1. The summed E-state index contributed by atoms with van der Waals surface area (Å²) in [5.74, 6) is 1.30. The minimum Gasteiger partial charge on any atom is -0.383 e. The van der Waals surface area contributed by atoms with E-state index in [1.807, 2.05) is 11.4 Å². The van der Waals surface area contributed by atoms with Crippen LogP contribution in [-0.4, -0.2) is 27.7 Å². The number of nitrogen functional groups attached to an aromatic ring is 1. The molecule has 0 aromatic carbocycles. The van der Waals surface area contributed by atoms with Gasteiger partial charge >= 0.3 is 0 Å². The van der Waals surface area contributed by atoms with Gasteiger partial charge in [0, 0.05) is 18.2 Å². The fraction of sp³-hybridized carbons (Fsp3) is 0.417. The molecule has 0 atom stereocenters. The molecule has 2 aromatic rings. The van der Waals surface area contributed by atoms with Crippen LogP contribution in [0.3, 0.4) is 0 Å². The molecule has 1 aliphatic carbocycles. The molecule has 0 saturated heterocycles. The minimum absolute atomic E-state index is 0.111. The molecular weight excluding hydrogens is 280 g/mol. The Morgan fingerprint density at radius 1 is 1.53 bits per heavy atom. The Morgan fingerprint density at radius 3 is 3.16 bits per heavy atom. The summed E-state index contributed by atoms with van der Waals surface area (Å²) < 4.78 is 0. The maximum absolute atomic E-state index is 11.5. The molecule has 1 fully saturated rings. The molecule has 2 aromatic heterocycles. The molecule has 0 bridgehead atoms. The van der Waals surface area contributed by atoms with Crippen molar-refractivity contribution in [2.75, 3.05) is 11.5 Å².